The van der Waals surface area contributed by atoms with Gasteiger partial charge in [0.2, 0.25) is 0 Å². The van der Waals surface area contributed by atoms with E-state index in [9.17, 15) is 10.0 Å². The van der Waals surface area contributed by atoms with E-state index in [1.807, 2.05) is 26.8 Å². The number of hydroxylamine groups is 2. The minimum Gasteiger partial charge on any atom is -0.628 e. The molecule has 6 nitrogen and oxygen atoms in total. The first kappa shape index (κ1) is 16.6. The molecule has 0 unspecified atom stereocenters. The second kappa shape index (κ2) is 6.14. The molecule has 1 aliphatic heterocycles. The molecule has 1 N–H and O–H groups in total. The van der Waals surface area contributed by atoms with Gasteiger partial charge in [0.15, 0.2) is 0 Å². The molecule has 1 saturated heterocycles. The summed E-state index contributed by atoms with van der Waals surface area (Å²) in [5.74, 6) is 0.752. The van der Waals surface area contributed by atoms with Crippen molar-refractivity contribution in [2.24, 2.45) is 0 Å². The number of nitrogens with one attached hydrogen (secondary N) is 1. The molecule has 0 saturated carbocycles. The third-order valence-electron chi connectivity index (χ3n) is 3.95. The second-order valence-corrected chi connectivity index (χ2v) is 6.23. The van der Waals surface area contributed by atoms with Gasteiger partial charge < -0.3 is 24.8 Å². The zero-order chi connectivity index (χ0) is 16.5. The third-order valence-corrected chi connectivity index (χ3v) is 3.95. The van der Waals surface area contributed by atoms with Gasteiger partial charge in [-0.15, -0.1) is 0 Å². The van der Waals surface area contributed by atoms with E-state index in [0.717, 1.165) is 28.1 Å². The smallest absolute Gasteiger partial charge is 0.317 e. The van der Waals surface area contributed by atoms with Crippen LogP contribution in [0.25, 0.3) is 0 Å². The van der Waals surface area contributed by atoms with E-state index in [1.54, 1.807) is 19.0 Å². The first-order valence-corrected chi connectivity index (χ1v) is 7.53. The lowest BCUT2D eigenvalue weighted by atomic mass is 10.0. The Hall–Kier alpha value is -1.79. The lowest BCUT2D eigenvalue weighted by Gasteiger charge is -2.36. The Morgan fingerprint density at radius 3 is 2.55 bits per heavy atom. The van der Waals surface area contributed by atoms with Crippen molar-refractivity contribution < 1.29 is 9.53 Å². The summed E-state index contributed by atoms with van der Waals surface area (Å²) >= 11 is 0. The highest BCUT2D eigenvalue weighted by Crippen LogP contribution is 2.36. The van der Waals surface area contributed by atoms with Gasteiger partial charge in [0.1, 0.15) is 18.0 Å². The van der Waals surface area contributed by atoms with Crippen molar-refractivity contribution in [1.29, 1.82) is 0 Å². The van der Waals surface area contributed by atoms with Crippen molar-refractivity contribution in [2.75, 3.05) is 40.3 Å². The van der Waals surface area contributed by atoms with Crippen LogP contribution in [0.2, 0.25) is 0 Å². The molecule has 0 atom stereocenters. The molecule has 0 aliphatic carbocycles. The topological polar surface area (TPSA) is 64.6 Å². The van der Waals surface area contributed by atoms with E-state index in [2.05, 4.69) is 5.32 Å². The quantitative estimate of drug-likeness (QED) is 0.669. The van der Waals surface area contributed by atoms with Crippen molar-refractivity contribution in [3.05, 3.63) is 28.0 Å². The monoisotopic (exact) mass is 307 g/mol. The molecule has 1 fully saturated rings. The average Bonchev–Trinajstić information content (AvgIpc) is 2.77. The Kier molecular flexibility index (Phi) is 4.63. The number of ether oxygens (including phenoxy) is 1. The van der Waals surface area contributed by atoms with Crippen LogP contribution in [0.15, 0.2) is 6.07 Å². The summed E-state index contributed by atoms with van der Waals surface area (Å²) in [5, 5.41) is 15.1. The van der Waals surface area contributed by atoms with Crippen molar-refractivity contribution in [3.8, 4) is 5.75 Å². The highest BCUT2D eigenvalue weighted by Gasteiger charge is 2.22. The molecule has 0 radical (unpaired) electrons. The molecule has 0 spiro atoms. The average molecular weight is 307 g/mol. The summed E-state index contributed by atoms with van der Waals surface area (Å²) in [6.07, 6.45) is 0. The largest absolute Gasteiger partial charge is 0.628 e. The number of amides is 2. The number of quaternary nitrogens is 1. The fourth-order valence-corrected chi connectivity index (χ4v) is 3.19. The lowest BCUT2D eigenvalue weighted by molar-refractivity contribution is 0.202. The number of aryl methyl sites for hydroxylation is 2. The standard InChI is InChI=1S/C16H25N3O3/c1-11-10-12(2)15(13(3)14(11)19(4,5)21)22-9-8-18-7-6-17-16(18)20/h10H,6-9H2,1-5H3,(H,17,20). The summed E-state index contributed by atoms with van der Waals surface area (Å²) < 4.78 is 5.41. The highest BCUT2D eigenvalue weighted by atomic mass is 16.5. The van der Waals surface area contributed by atoms with Crippen LogP contribution >= 0.6 is 0 Å². The maximum Gasteiger partial charge on any atom is 0.317 e. The molecule has 22 heavy (non-hydrogen) atoms. The number of benzene rings is 1. The maximum atomic E-state index is 12.4. The number of carbonyl (C=O) groups excluding carboxylic acids is 1. The van der Waals surface area contributed by atoms with Gasteiger partial charge in [-0.05, 0) is 32.4 Å². The molecule has 122 valence electrons. The molecule has 1 aromatic carbocycles. The Morgan fingerprint density at radius 1 is 1.32 bits per heavy atom. The maximum absolute atomic E-state index is 12.4. The van der Waals surface area contributed by atoms with E-state index in [1.165, 1.54) is 0 Å². The molecular formula is C16H25N3O3. The van der Waals surface area contributed by atoms with Crippen LogP contribution in [0.4, 0.5) is 10.5 Å². The zero-order valence-electron chi connectivity index (χ0n) is 14.0. The van der Waals surface area contributed by atoms with Crippen LogP contribution in [0.3, 0.4) is 0 Å². The number of carbonyl (C=O) groups is 1. The van der Waals surface area contributed by atoms with E-state index < -0.39 is 4.65 Å². The summed E-state index contributed by atoms with van der Waals surface area (Å²) in [5.41, 5.74) is 3.60. The van der Waals surface area contributed by atoms with Gasteiger partial charge >= 0.3 is 6.03 Å². The van der Waals surface area contributed by atoms with Gasteiger partial charge in [0.25, 0.3) is 0 Å². The first-order chi connectivity index (χ1) is 10.2. The molecule has 0 aromatic heterocycles. The Bertz CT molecular complexity index is 579. The van der Waals surface area contributed by atoms with Gasteiger partial charge in [0.05, 0.1) is 26.2 Å². The predicted octanol–water partition coefficient (Wildman–Crippen LogP) is 2.08. The fraction of sp³-hybridized carbons (Fsp3) is 0.562. The van der Waals surface area contributed by atoms with E-state index in [0.29, 0.717) is 26.2 Å². The Balaban J connectivity index is 2.15. The third kappa shape index (κ3) is 3.34. The fourth-order valence-electron chi connectivity index (χ4n) is 3.19. The first-order valence-electron chi connectivity index (χ1n) is 7.53. The number of nitrogens with zero attached hydrogens (tertiary/aromatic N) is 2. The van der Waals surface area contributed by atoms with Crippen LogP contribution in [0.5, 0.6) is 5.75 Å². The van der Waals surface area contributed by atoms with Crippen molar-refractivity contribution >= 4 is 11.7 Å². The molecule has 1 aromatic rings. The van der Waals surface area contributed by atoms with E-state index in [-0.39, 0.29) is 6.03 Å². The number of rotatable bonds is 5. The number of urea groups is 1. The Morgan fingerprint density at radius 2 is 2.00 bits per heavy atom. The predicted molar refractivity (Wildman–Crippen MR) is 88.1 cm³/mol. The van der Waals surface area contributed by atoms with Crippen LogP contribution in [-0.2, 0) is 0 Å². The molecular weight excluding hydrogens is 282 g/mol. The molecule has 1 heterocycles. The lowest BCUT2D eigenvalue weighted by Crippen LogP contribution is -2.34. The number of hydrogen-bond acceptors (Lipinski definition) is 3. The van der Waals surface area contributed by atoms with Crippen molar-refractivity contribution in [2.45, 2.75) is 20.8 Å². The molecule has 2 amide bonds. The molecule has 0 bridgehead atoms. The summed E-state index contributed by atoms with van der Waals surface area (Å²) in [6, 6.07) is 1.94. The van der Waals surface area contributed by atoms with E-state index >= 15 is 0 Å². The minimum absolute atomic E-state index is 0.0426. The van der Waals surface area contributed by atoms with E-state index in [4.69, 9.17) is 4.74 Å². The van der Waals surface area contributed by atoms with Crippen molar-refractivity contribution in [1.82, 2.24) is 14.9 Å². The summed E-state index contributed by atoms with van der Waals surface area (Å²) in [4.78, 5) is 13.2. The van der Waals surface area contributed by atoms with Gasteiger partial charge in [-0.2, -0.15) is 0 Å². The minimum atomic E-state index is -0.483. The van der Waals surface area contributed by atoms with Crippen LogP contribution < -0.4 is 14.7 Å². The van der Waals surface area contributed by atoms with Crippen LogP contribution in [0, 0.1) is 26.0 Å². The van der Waals surface area contributed by atoms with Gasteiger partial charge in [-0.1, -0.05) is 0 Å². The molecule has 6 heteroatoms. The molecule has 2 rings (SSSR count). The zero-order valence-corrected chi connectivity index (χ0v) is 14.0. The van der Waals surface area contributed by atoms with Crippen molar-refractivity contribution in [3.63, 3.8) is 0 Å². The normalized spacial score (nSPS) is 15.2. The van der Waals surface area contributed by atoms with Gasteiger partial charge in [-0.3, -0.25) is 0 Å². The molecule has 1 aliphatic rings. The summed E-state index contributed by atoms with van der Waals surface area (Å²) in [7, 11) is 3.23. The highest BCUT2D eigenvalue weighted by molar-refractivity contribution is 5.76. The van der Waals surface area contributed by atoms with Crippen LogP contribution in [0.1, 0.15) is 16.7 Å². The van der Waals surface area contributed by atoms with Crippen LogP contribution in [-0.4, -0.2) is 51.3 Å². The second-order valence-electron chi connectivity index (χ2n) is 6.23. The number of hydrogen-bond donors (Lipinski definition) is 1. The van der Waals surface area contributed by atoms with Gasteiger partial charge in [0, 0.05) is 18.7 Å². The summed E-state index contributed by atoms with van der Waals surface area (Å²) in [6.45, 7) is 8.22. The Labute approximate surface area is 131 Å². The SMILES string of the molecule is Cc1cc(C)c([N+](C)(C)[O-])c(C)c1OCCN1CCNC1=O. The van der Waals surface area contributed by atoms with Gasteiger partial charge in [-0.25, -0.2) is 4.79 Å².